The molecule has 4 heteroatoms. The van der Waals surface area contributed by atoms with Gasteiger partial charge in [-0.15, -0.1) is 0 Å². The molecular weight excluding hydrogens is 348 g/mol. The van der Waals surface area contributed by atoms with Crippen LogP contribution in [0.1, 0.15) is 41.8 Å². The third-order valence-corrected chi connectivity index (χ3v) is 4.30. The van der Waals surface area contributed by atoms with E-state index in [4.69, 9.17) is 9.47 Å². The van der Waals surface area contributed by atoms with E-state index in [1.165, 1.54) is 17.5 Å². The second-order valence-corrected chi connectivity index (χ2v) is 6.13. The minimum atomic E-state index is 0.547. The van der Waals surface area contributed by atoms with Crippen LogP contribution in [0.4, 0.5) is 0 Å². The Morgan fingerprint density at radius 1 is 0.786 bits per heavy atom. The van der Waals surface area contributed by atoms with Gasteiger partial charge in [-0.25, -0.2) is 9.97 Å². The minimum Gasteiger partial charge on any atom is -0.497 e. The molecule has 0 aliphatic rings. The van der Waals surface area contributed by atoms with E-state index in [1.54, 1.807) is 7.11 Å². The lowest BCUT2D eigenvalue weighted by atomic mass is 10.1. The van der Waals surface area contributed by atoms with E-state index in [0.717, 1.165) is 28.3 Å². The molecule has 2 aromatic carbocycles. The van der Waals surface area contributed by atoms with Crippen molar-refractivity contribution in [3.05, 3.63) is 76.7 Å². The lowest BCUT2D eigenvalue weighted by Crippen LogP contribution is -1.96. The molecule has 0 bridgehead atoms. The van der Waals surface area contributed by atoms with Gasteiger partial charge in [-0.1, -0.05) is 38.1 Å². The van der Waals surface area contributed by atoms with Crippen LogP contribution in [-0.2, 0) is 0 Å². The van der Waals surface area contributed by atoms with E-state index in [1.807, 2.05) is 75.4 Å². The molecular formula is C24H28N2O2. The van der Waals surface area contributed by atoms with E-state index in [2.05, 4.69) is 23.8 Å². The van der Waals surface area contributed by atoms with Gasteiger partial charge in [0.1, 0.15) is 17.8 Å². The highest BCUT2D eigenvalue weighted by molar-refractivity contribution is 5.73. The molecule has 3 aromatic rings. The van der Waals surface area contributed by atoms with Gasteiger partial charge in [0, 0.05) is 0 Å². The van der Waals surface area contributed by atoms with Gasteiger partial charge < -0.3 is 9.47 Å². The standard InChI is InChI=1S/C22H22N2O2.C2H6/c1-15-5-9-20(13-16(15)2)26-22-21(17(3)23-14-24-22)12-8-18-6-10-19(25-4)11-7-18;1-2/h5-14H,1-4H3;1-2H3/b12-8+;. The molecule has 0 fully saturated rings. The Kier molecular flexibility index (Phi) is 7.76. The highest BCUT2D eigenvalue weighted by Crippen LogP contribution is 2.27. The van der Waals surface area contributed by atoms with Crippen LogP contribution in [0.5, 0.6) is 17.4 Å². The summed E-state index contributed by atoms with van der Waals surface area (Å²) in [7, 11) is 1.66. The molecule has 0 aliphatic heterocycles. The Labute approximate surface area is 167 Å². The molecule has 28 heavy (non-hydrogen) atoms. The summed E-state index contributed by atoms with van der Waals surface area (Å²) in [4.78, 5) is 8.61. The number of hydrogen-bond acceptors (Lipinski definition) is 4. The summed E-state index contributed by atoms with van der Waals surface area (Å²) in [6.45, 7) is 10.1. The quantitative estimate of drug-likeness (QED) is 0.517. The Balaban J connectivity index is 0.00000136. The average Bonchev–Trinajstić information content (AvgIpc) is 2.72. The number of nitrogens with zero attached hydrogens (tertiary/aromatic N) is 2. The summed E-state index contributed by atoms with van der Waals surface area (Å²) in [5.74, 6) is 2.15. The Morgan fingerprint density at radius 2 is 1.46 bits per heavy atom. The summed E-state index contributed by atoms with van der Waals surface area (Å²) in [6, 6.07) is 13.9. The maximum Gasteiger partial charge on any atom is 0.229 e. The SMILES string of the molecule is CC.COc1ccc(/C=C/c2c(C)ncnc2Oc2ccc(C)c(C)c2)cc1. The summed E-state index contributed by atoms with van der Waals surface area (Å²) < 4.78 is 11.2. The molecule has 0 amide bonds. The molecule has 0 saturated heterocycles. The van der Waals surface area contributed by atoms with Crippen LogP contribution in [0.2, 0.25) is 0 Å². The van der Waals surface area contributed by atoms with Crippen molar-refractivity contribution < 1.29 is 9.47 Å². The fraction of sp³-hybridized carbons (Fsp3) is 0.250. The topological polar surface area (TPSA) is 44.2 Å². The number of ether oxygens (including phenoxy) is 2. The van der Waals surface area contributed by atoms with E-state index >= 15 is 0 Å². The molecule has 0 spiro atoms. The molecule has 1 aromatic heterocycles. The molecule has 0 unspecified atom stereocenters. The van der Waals surface area contributed by atoms with Crippen LogP contribution in [0.3, 0.4) is 0 Å². The van der Waals surface area contributed by atoms with Crippen molar-refractivity contribution in [3.63, 3.8) is 0 Å². The monoisotopic (exact) mass is 376 g/mol. The van der Waals surface area contributed by atoms with Crippen LogP contribution in [-0.4, -0.2) is 17.1 Å². The van der Waals surface area contributed by atoms with Crippen LogP contribution < -0.4 is 9.47 Å². The lowest BCUT2D eigenvalue weighted by Gasteiger charge is -2.10. The maximum absolute atomic E-state index is 6.03. The number of methoxy groups -OCH3 is 1. The van der Waals surface area contributed by atoms with Crippen molar-refractivity contribution >= 4 is 12.2 Å². The minimum absolute atomic E-state index is 0.547. The first-order valence-electron chi connectivity index (χ1n) is 9.45. The molecule has 0 radical (unpaired) electrons. The Morgan fingerprint density at radius 3 is 2.11 bits per heavy atom. The normalized spacial score (nSPS) is 10.4. The van der Waals surface area contributed by atoms with Gasteiger partial charge in [0.15, 0.2) is 0 Å². The molecule has 1 heterocycles. The summed E-state index contributed by atoms with van der Waals surface area (Å²) in [6.07, 6.45) is 5.52. The molecule has 0 N–H and O–H groups in total. The summed E-state index contributed by atoms with van der Waals surface area (Å²) >= 11 is 0. The van der Waals surface area contributed by atoms with Crippen molar-refractivity contribution in [2.45, 2.75) is 34.6 Å². The van der Waals surface area contributed by atoms with E-state index < -0.39 is 0 Å². The first-order chi connectivity index (χ1) is 13.6. The predicted molar refractivity (Wildman–Crippen MR) is 116 cm³/mol. The zero-order valence-electron chi connectivity index (χ0n) is 17.5. The number of aromatic nitrogens is 2. The van der Waals surface area contributed by atoms with E-state index in [-0.39, 0.29) is 0 Å². The average molecular weight is 377 g/mol. The van der Waals surface area contributed by atoms with Gasteiger partial charge in [-0.2, -0.15) is 0 Å². The third kappa shape index (κ3) is 5.43. The summed E-state index contributed by atoms with van der Waals surface area (Å²) in [5, 5.41) is 0. The molecule has 4 nitrogen and oxygen atoms in total. The summed E-state index contributed by atoms with van der Waals surface area (Å²) in [5.41, 5.74) is 5.20. The van der Waals surface area contributed by atoms with Crippen molar-refractivity contribution in [2.24, 2.45) is 0 Å². The van der Waals surface area contributed by atoms with Crippen molar-refractivity contribution in [3.8, 4) is 17.4 Å². The lowest BCUT2D eigenvalue weighted by molar-refractivity contribution is 0.415. The molecule has 0 atom stereocenters. The van der Waals surface area contributed by atoms with Crippen LogP contribution in [0, 0.1) is 20.8 Å². The first-order valence-corrected chi connectivity index (χ1v) is 9.45. The van der Waals surface area contributed by atoms with Gasteiger partial charge in [0.25, 0.3) is 0 Å². The number of rotatable bonds is 5. The van der Waals surface area contributed by atoms with E-state index in [0.29, 0.717) is 5.88 Å². The largest absolute Gasteiger partial charge is 0.497 e. The molecule has 0 saturated carbocycles. The second-order valence-electron chi connectivity index (χ2n) is 6.13. The number of hydrogen-bond donors (Lipinski definition) is 0. The van der Waals surface area contributed by atoms with E-state index in [9.17, 15) is 0 Å². The molecule has 3 rings (SSSR count). The van der Waals surface area contributed by atoms with Gasteiger partial charge >= 0.3 is 0 Å². The van der Waals surface area contributed by atoms with Crippen molar-refractivity contribution in [1.29, 1.82) is 0 Å². The van der Waals surface area contributed by atoms with Crippen LogP contribution >= 0.6 is 0 Å². The zero-order valence-corrected chi connectivity index (χ0v) is 17.5. The maximum atomic E-state index is 6.03. The smallest absolute Gasteiger partial charge is 0.229 e. The van der Waals surface area contributed by atoms with Crippen molar-refractivity contribution in [1.82, 2.24) is 9.97 Å². The zero-order chi connectivity index (χ0) is 20.5. The van der Waals surface area contributed by atoms with Crippen LogP contribution in [0.15, 0.2) is 48.8 Å². The Hall–Kier alpha value is -3.14. The highest BCUT2D eigenvalue weighted by atomic mass is 16.5. The van der Waals surface area contributed by atoms with Crippen LogP contribution in [0.25, 0.3) is 12.2 Å². The fourth-order valence-electron chi connectivity index (χ4n) is 2.52. The fourth-order valence-corrected chi connectivity index (χ4v) is 2.52. The first kappa shape index (κ1) is 21.2. The predicted octanol–water partition coefficient (Wildman–Crippen LogP) is 6.40. The van der Waals surface area contributed by atoms with Gasteiger partial charge in [-0.3, -0.25) is 0 Å². The Bertz CT molecular complexity index is 932. The number of aryl methyl sites for hydroxylation is 3. The second kappa shape index (κ2) is 10.3. The van der Waals surface area contributed by atoms with Gasteiger partial charge in [0.05, 0.1) is 18.4 Å². The van der Waals surface area contributed by atoms with Crippen molar-refractivity contribution in [2.75, 3.05) is 7.11 Å². The number of benzene rings is 2. The van der Waals surface area contributed by atoms with Gasteiger partial charge in [-0.05, 0) is 67.8 Å². The molecule has 146 valence electrons. The molecule has 0 aliphatic carbocycles. The van der Waals surface area contributed by atoms with Gasteiger partial charge in [0.2, 0.25) is 5.88 Å². The highest BCUT2D eigenvalue weighted by Gasteiger charge is 2.09. The third-order valence-electron chi connectivity index (χ3n) is 4.30.